The predicted octanol–water partition coefficient (Wildman–Crippen LogP) is 5.16. The first kappa shape index (κ1) is 21.5. The summed E-state index contributed by atoms with van der Waals surface area (Å²) in [5, 5.41) is 9.39. The zero-order valence-electron chi connectivity index (χ0n) is 17.6. The summed E-state index contributed by atoms with van der Waals surface area (Å²) < 4.78 is 33.2. The van der Waals surface area contributed by atoms with Crippen molar-refractivity contribution in [1.29, 1.82) is 0 Å². The smallest absolute Gasteiger partial charge is 0.387 e. The number of hydrogen-bond acceptors (Lipinski definition) is 5. The van der Waals surface area contributed by atoms with Crippen molar-refractivity contribution < 1.29 is 18.3 Å². The predicted molar refractivity (Wildman–Crippen MR) is 115 cm³/mol. The summed E-state index contributed by atoms with van der Waals surface area (Å²) in [5.74, 6) is 1.91. The highest BCUT2D eigenvalue weighted by molar-refractivity contribution is 7.99. The minimum atomic E-state index is -2.86. The zero-order chi connectivity index (χ0) is 22.1. The van der Waals surface area contributed by atoms with E-state index in [1.165, 1.54) is 23.9 Å². The number of benzene rings is 1. The Balaban J connectivity index is 1.50. The SMILES string of the molecule is CCn1c(SCC(=O)c2cc(C)n(-c3ccc(OC(F)F)cc3)c2C)nnc1C1CC1. The van der Waals surface area contributed by atoms with Crippen molar-refractivity contribution in [2.24, 2.45) is 0 Å². The van der Waals surface area contributed by atoms with Gasteiger partial charge >= 0.3 is 6.61 Å². The number of hydrogen-bond donors (Lipinski definition) is 0. The lowest BCUT2D eigenvalue weighted by Gasteiger charge is -2.11. The molecule has 0 aliphatic heterocycles. The fraction of sp³-hybridized carbons (Fsp3) is 0.409. The fourth-order valence-corrected chi connectivity index (χ4v) is 4.67. The Bertz CT molecular complexity index is 1090. The van der Waals surface area contributed by atoms with Gasteiger partial charge in [-0.15, -0.1) is 10.2 Å². The number of nitrogens with zero attached hydrogens (tertiary/aromatic N) is 4. The zero-order valence-corrected chi connectivity index (χ0v) is 18.5. The van der Waals surface area contributed by atoms with E-state index in [4.69, 9.17) is 0 Å². The van der Waals surface area contributed by atoms with E-state index in [1.807, 2.05) is 24.5 Å². The number of carbonyl (C=O) groups excluding carboxylic acids is 1. The second-order valence-corrected chi connectivity index (χ2v) is 8.51. The van der Waals surface area contributed by atoms with E-state index in [1.54, 1.807) is 12.1 Å². The third-order valence-electron chi connectivity index (χ3n) is 5.39. The van der Waals surface area contributed by atoms with Crippen LogP contribution in [0.25, 0.3) is 5.69 Å². The molecular formula is C22H24F2N4O2S. The van der Waals surface area contributed by atoms with Crippen molar-refractivity contribution in [2.75, 3.05) is 5.75 Å². The quantitative estimate of drug-likeness (QED) is 0.336. The Morgan fingerprint density at radius 1 is 1.23 bits per heavy atom. The lowest BCUT2D eigenvalue weighted by atomic mass is 10.2. The van der Waals surface area contributed by atoms with Gasteiger partial charge in [0, 0.05) is 35.1 Å². The molecule has 1 aliphatic carbocycles. The molecule has 2 aromatic heterocycles. The van der Waals surface area contributed by atoms with Gasteiger partial charge in [0.15, 0.2) is 10.9 Å². The summed E-state index contributed by atoms with van der Waals surface area (Å²) in [6, 6.07) is 8.25. The average Bonchev–Trinajstić information content (AvgIpc) is 3.43. The highest BCUT2D eigenvalue weighted by atomic mass is 32.2. The van der Waals surface area contributed by atoms with Gasteiger partial charge in [-0.3, -0.25) is 4.79 Å². The van der Waals surface area contributed by atoms with Gasteiger partial charge < -0.3 is 13.9 Å². The van der Waals surface area contributed by atoms with E-state index >= 15 is 0 Å². The Morgan fingerprint density at radius 2 is 1.94 bits per heavy atom. The van der Waals surface area contributed by atoms with Crippen LogP contribution >= 0.6 is 11.8 Å². The summed E-state index contributed by atoms with van der Waals surface area (Å²) in [6.07, 6.45) is 2.31. The van der Waals surface area contributed by atoms with E-state index in [-0.39, 0.29) is 17.3 Å². The van der Waals surface area contributed by atoms with Gasteiger partial charge in [-0.1, -0.05) is 11.8 Å². The van der Waals surface area contributed by atoms with Crippen LogP contribution in [0.15, 0.2) is 35.5 Å². The molecule has 0 saturated heterocycles. The molecular weight excluding hydrogens is 422 g/mol. The number of ether oxygens (including phenoxy) is 1. The van der Waals surface area contributed by atoms with Gasteiger partial charge in [-0.05, 0) is 63.9 Å². The molecule has 9 heteroatoms. The maximum atomic E-state index is 13.0. The normalized spacial score (nSPS) is 13.7. The number of thioether (sulfide) groups is 1. The van der Waals surface area contributed by atoms with Gasteiger partial charge in [-0.2, -0.15) is 8.78 Å². The number of aromatic nitrogens is 4. The minimum absolute atomic E-state index is 0.0145. The molecule has 0 radical (unpaired) electrons. The number of ketones is 1. The van der Waals surface area contributed by atoms with E-state index in [2.05, 4.69) is 26.4 Å². The van der Waals surface area contributed by atoms with Crippen LogP contribution in [0.2, 0.25) is 0 Å². The molecule has 1 fully saturated rings. The monoisotopic (exact) mass is 446 g/mol. The van der Waals surface area contributed by atoms with Crippen molar-refractivity contribution in [3.8, 4) is 11.4 Å². The number of halogens is 2. The molecule has 4 rings (SSSR count). The summed E-state index contributed by atoms with van der Waals surface area (Å²) in [7, 11) is 0. The van der Waals surface area contributed by atoms with Crippen LogP contribution in [0.3, 0.4) is 0 Å². The Morgan fingerprint density at radius 3 is 2.55 bits per heavy atom. The summed E-state index contributed by atoms with van der Waals surface area (Å²) >= 11 is 1.41. The first-order chi connectivity index (χ1) is 14.9. The lowest BCUT2D eigenvalue weighted by molar-refractivity contribution is -0.0498. The summed E-state index contributed by atoms with van der Waals surface area (Å²) in [5.41, 5.74) is 3.12. The van der Waals surface area contributed by atoms with Gasteiger partial charge in [-0.25, -0.2) is 0 Å². The molecule has 0 unspecified atom stereocenters. The average molecular weight is 447 g/mol. The van der Waals surface area contributed by atoms with Crippen molar-refractivity contribution in [1.82, 2.24) is 19.3 Å². The molecule has 0 amide bonds. The van der Waals surface area contributed by atoms with Crippen LogP contribution in [-0.4, -0.2) is 37.5 Å². The number of aryl methyl sites for hydroxylation is 1. The molecule has 3 aromatic rings. The molecule has 6 nitrogen and oxygen atoms in total. The van der Waals surface area contributed by atoms with Crippen molar-refractivity contribution in [3.05, 3.63) is 53.1 Å². The standard InChI is InChI=1S/C22H24F2N4O2S/c1-4-27-20(15-5-6-15)25-26-22(27)31-12-19(29)18-11-13(2)28(14(18)3)16-7-9-17(10-8-16)30-21(23)24/h7-11,15,21H,4-6,12H2,1-3H3. The number of rotatable bonds is 9. The topological polar surface area (TPSA) is 61.9 Å². The first-order valence-corrected chi connectivity index (χ1v) is 11.2. The van der Waals surface area contributed by atoms with E-state index in [0.29, 0.717) is 11.5 Å². The number of alkyl halides is 2. The molecule has 2 heterocycles. The molecule has 0 N–H and O–H groups in total. The molecule has 31 heavy (non-hydrogen) atoms. The third-order valence-corrected chi connectivity index (χ3v) is 6.35. The second kappa shape index (κ2) is 8.82. The largest absolute Gasteiger partial charge is 0.435 e. The van der Waals surface area contributed by atoms with Gasteiger partial charge in [0.05, 0.1) is 5.75 Å². The minimum Gasteiger partial charge on any atom is -0.435 e. The van der Waals surface area contributed by atoms with Crippen LogP contribution in [0.4, 0.5) is 8.78 Å². The summed E-state index contributed by atoms with van der Waals surface area (Å²) in [6.45, 7) is 3.78. The van der Waals surface area contributed by atoms with Crippen LogP contribution in [0, 0.1) is 13.8 Å². The molecule has 164 valence electrons. The van der Waals surface area contributed by atoms with Crippen LogP contribution in [0.1, 0.15) is 53.3 Å². The third kappa shape index (κ3) is 4.51. The van der Waals surface area contributed by atoms with Crippen LogP contribution < -0.4 is 4.74 Å². The highest BCUT2D eigenvalue weighted by Crippen LogP contribution is 2.40. The summed E-state index contributed by atoms with van der Waals surface area (Å²) in [4.78, 5) is 13.0. The Kier molecular flexibility index (Phi) is 6.13. The maximum absolute atomic E-state index is 13.0. The van der Waals surface area contributed by atoms with Crippen LogP contribution in [-0.2, 0) is 6.54 Å². The number of carbonyl (C=O) groups is 1. The Hall–Kier alpha value is -2.68. The van der Waals surface area contributed by atoms with Gasteiger partial charge in [0.2, 0.25) is 0 Å². The molecule has 0 spiro atoms. The maximum Gasteiger partial charge on any atom is 0.387 e. The van der Waals surface area contributed by atoms with Crippen molar-refractivity contribution in [2.45, 2.75) is 57.8 Å². The molecule has 1 aliphatic rings. The highest BCUT2D eigenvalue weighted by Gasteiger charge is 2.30. The van der Waals surface area contributed by atoms with Crippen molar-refractivity contribution in [3.63, 3.8) is 0 Å². The van der Waals surface area contributed by atoms with E-state index in [0.717, 1.165) is 47.4 Å². The van der Waals surface area contributed by atoms with E-state index in [9.17, 15) is 13.6 Å². The molecule has 0 bridgehead atoms. The Labute approximate surface area is 183 Å². The number of Topliss-reactive ketones (excluding diaryl/α,β-unsaturated/α-hetero) is 1. The van der Waals surface area contributed by atoms with Crippen LogP contribution in [0.5, 0.6) is 5.75 Å². The van der Waals surface area contributed by atoms with E-state index < -0.39 is 6.61 Å². The molecule has 1 saturated carbocycles. The molecule has 0 atom stereocenters. The molecule has 1 aromatic carbocycles. The fourth-order valence-electron chi connectivity index (χ4n) is 3.77. The first-order valence-electron chi connectivity index (χ1n) is 10.2. The van der Waals surface area contributed by atoms with Gasteiger partial charge in [0.25, 0.3) is 0 Å². The second-order valence-electron chi connectivity index (χ2n) is 7.56. The van der Waals surface area contributed by atoms with Gasteiger partial charge in [0.1, 0.15) is 11.6 Å². The van der Waals surface area contributed by atoms with Crippen molar-refractivity contribution >= 4 is 17.5 Å². The lowest BCUT2D eigenvalue weighted by Crippen LogP contribution is -2.07.